The number of likely N-dealkylation sites (tertiary alicyclic amines) is 1. The van der Waals surface area contributed by atoms with Crippen LogP contribution in [0.25, 0.3) is 0 Å². The quantitative estimate of drug-likeness (QED) is 0.909. The second-order valence-electron chi connectivity index (χ2n) is 5.61. The van der Waals surface area contributed by atoms with Gasteiger partial charge >= 0.3 is 0 Å². The first-order valence-electron chi connectivity index (χ1n) is 6.54. The molecule has 0 saturated carbocycles. The van der Waals surface area contributed by atoms with Crippen LogP contribution in [0.3, 0.4) is 0 Å². The van der Waals surface area contributed by atoms with E-state index in [1.54, 1.807) is 6.07 Å². The van der Waals surface area contributed by atoms with E-state index in [-0.39, 0.29) is 6.04 Å². The molecule has 1 heterocycles. The fourth-order valence-corrected chi connectivity index (χ4v) is 3.91. The van der Waals surface area contributed by atoms with Crippen molar-refractivity contribution < 1.29 is 8.42 Å². The van der Waals surface area contributed by atoms with Crippen molar-refractivity contribution in [2.75, 3.05) is 26.4 Å². The van der Waals surface area contributed by atoms with Gasteiger partial charge in [-0.15, -0.1) is 0 Å². The van der Waals surface area contributed by atoms with E-state index >= 15 is 0 Å². The molecule has 1 aromatic rings. The Kier molecular flexibility index (Phi) is 3.99. The molecule has 0 amide bonds. The first kappa shape index (κ1) is 14.5. The molecule has 19 heavy (non-hydrogen) atoms. The van der Waals surface area contributed by atoms with Crippen LogP contribution in [0.2, 0.25) is 0 Å². The van der Waals surface area contributed by atoms with E-state index in [2.05, 4.69) is 4.90 Å². The van der Waals surface area contributed by atoms with Crippen LogP contribution in [0.15, 0.2) is 23.1 Å². The molecular formula is C14H22N2O2S. The van der Waals surface area contributed by atoms with E-state index in [0.717, 1.165) is 24.1 Å². The third-order valence-corrected chi connectivity index (χ3v) is 5.05. The molecule has 0 aromatic heterocycles. The minimum absolute atomic E-state index is 0.152. The van der Waals surface area contributed by atoms with Crippen LogP contribution in [0.1, 0.15) is 23.6 Å². The zero-order valence-electron chi connectivity index (χ0n) is 11.8. The summed E-state index contributed by atoms with van der Waals surface area (Å²) in [6, 6.07) is 5.85. The Labute approximate surface area is 115 Å². The second-order valence-corrected chi connectivity index (χ2v) is 7.59. The molecule has 4 nitrogen and oxygen atoms in total. The summed E-state index contributed by atoms with van der Waals surface area (Å²) < 4.78 is 24.0. The molecule has 1 aliphatic rings. The van der Waals surface area contributed by atoms with Gasteiger partial charge < -0.3 is 5.73 Å². The Morgan fingerprint density at radius 1 is 1.42 bits per heavy atom. The van der Waals surface area contributed by atoms with Crippen LogP contribution in [0.4, 0.5) is 0 Å². The number of nitrogens with zero attached hydrogens (tertiary/aromatic N) is 1. The van der Waals surface area contributed by atoms with Crippen LogP contribution in [0, 0.1) is 12.8 Å². The Morgan fingerprint density at radius 2 is 2.11 bits per heavy atom. The number of aryl methyl sites for hydroxylation is 1. The lowest BCUT2D eigenvalue weighted by molar-refractivity contribution is 0.310. The van der Waals surface area contributed by atoms with Crippen LogP contribution in [-0.4, -0.2) is 39.7 Å². The Bertz CT molecular complexity index is 569. The Hall–Kier alpha value is -0.910. The zero-order chi connectivity index (χ0) is 14.2. The maximum absolute atomic E-state index is 12.0. The highest BCUT2D eigenvalue weighted by molar-refractivity contribution is 7.90. The minimum atomic E-state index is -3.20. The zero-order valence-corrected chi connectivity index (χ0v) is 12.6. The van der Waals surface area contributed by atoms with Gasteiger partial charge in [0, 0.05) is 18.8 Å². The summed E-state index contributed by atoms with van der Waals surface area (Å²) in [5.74, 6) is 0.448. The summed E-state index contributed by atoms with van der Waals surface area (Å²) in [6.45, 7) is 3.50. The van der Waals surface area contributed by atoms with Crippen molar-refractivity contribution in [3.8, 4) is 0 Å². The topological polar surface area (TPSA) is 63.4 Å². The number of hydrogen-bond acceptors (Lipinski definition) is 4. The van der Waals surface area contributed by atoms with E-state index in [4.69, 9.17) is 5.73 Å². The molecule has 2 atom stereocenters. The fourth-order valence-electron chi connectivity index (χ4n) is 2.88. The fraction of sp³-hybridized carbons (Fsp3) is 0.571. The maximum atomic E-state index is 12.0. The van der Waals surface area contributed by atoms with Gasteiger partial charge in [0.15, 0.2) is 9.84 Å². The molecule has 1 fully saturated rings. The smallest absolute Gasteiger partial charge is 0.175 e. The van der Waals surface area contributed by atoms with Gasteiger partial charge in [0.05, 0.1) is 4.90 Å². The second kappa shape index (κ2) is 5.23. The lowest BCUT2D eigenvalue weighted by Gasteiger charge is -2.22. The molecule has 1 saturated heterocycles. The van der Waals surface area contributed by atoms with Gasteiger partial charge in [-0.1, -0.05) is 12.1 Å². The van der Waals surface area contributed by atoms with Gasteiger partial charge in [0.25, 0.3) is 0 Å². The summed E-state index contributed by atoms with van der Waals surface area (Å²) in [5, 5.41) is 0. The lowest BCUT2D eigenvalue weighted by Crippen LogP contribution is -2.21. The number of hydrogen-bond donors (Lipinski definition) is 1. The van der Waals surface area contributed by atoms with Gasteiger partial charge in [-0.2, -0.15) is 0 Å². The molecule has 5 heteroatoms. The average molecular weight is 282 g/mol. The van der Waals surface area contributed by atoms with Crippen LogP contribution >= 0.6 is 0 Å². The average Bonchev–Trinajstić information content (AvgIpc) is 2.69. The number of nitrogens with two attached hydrogens (primary N) is 1. The van der Waals surface area contributed by atoms with Gasteiger partial charge in [-0.25, -0.2) is 8.42 Å². The molecule has 0 bridgehead atoms. The number of sulfone groups is 1. The van der Waals surface area contributed by atoms with Gasteiger partial charge in [0.1, 0.15) is 0 Å². The SMILES string of the molecule is Cc1ccc(C2CC(CN)CN2C)c(S(C)(=O)=O)c1. The molecule has 0 radical (unpaired) electrons. The molecule has 1 aliphatic heterocycles. The molecular weight excluding hydrogens is 260 g/mol. The summed E-state index contributed by atoms with van der Waals surface area (Å²) in [4.78, 5) is 2.67. The maximum Gasteiger partial charge on any atom is 0.175 e. The summed E-state index contributed by atoms with van der Waals surface area (Å²) in [7, 11) is -1.16. The largest absolute Gasteiger partial charge is 0.330 e. The normalized spacial score (nSPS) is 24.8. The summed E-state index contributed by atoms with van der Waals surface area (Å²) in [5.41, 5.74) is 7.62. The first-order valence-corrected chi connectivity index (χ1v) is 8.43. The molecule has 106 valence electrons. The van der Waals surface area contributed by atoms with Crippen molar-refractivity contribution in [1.29, 1.82) is 0 Å². The van der Waals surface area contributed by atoms with E-state index in [1.807, 2.05) is 26.1 Å². The number of benzene rings is 1. The van der Waals surface area contributed by atoms with Crippen molar-refractivity contribution in [3.05, 3.63) is 29.3 Å². The van der Waals surface area contributed by atoms with E-state index in [9.17, 15) is 8.42 Å². The lowest BCUT2D eigenvalue weighted by atomic mass is 9.99. The van der Waals surface area contributed by atoms with Crippen molar-refractivity contribution in [3.63, 3.8) is 0 Å². The van der Waals surface area contributed by atoms with E-state index in [0.29, 0.717) is 17.4 Å². The third-order valence-electron chi connectivity index (χ3n) is 3.90. The Balaban J connectivity index is 2.46. The first-order chi connectivity index (χ1) is 8.82. The van der Waals surface area contributed by atoms with Gasteiger partial charge in [-0.05, 0) is 50.0 Å². The predicted octanol–water partition coefficient (Wildman–Crippen LogP) is 1.35. The van der Waals surface area contributed by atoms with Gasteiger partial charge in [-0.3, -0.25) is 4.90 Å². The van der Waals surface area contributed by atoms with Crippen LogP contribution in [0.5, 0.6) is 0 Å². The van der Waals surface area contributed by atoms with Crippen LogP contribution in [-0.2, 0) is 9.84 Å². The van der Waals surface area contributed by atoms with Crippen molar-refractivity contribution in [2.24, 2.45) is 11.7 Å². The highest BCUT2D eigenvalue weighted by Crippen LogP contribution is 2.37. The number of rotatable bonds is 3. The van der Waals surface area contributed by atoms with Crippen molar-refractivity contribution in [2.45, 2.75) is 24.3 Å². The van der Waals surface area contributed by atoms with Crippen LogP contribution < -0.4 is 5.73 Å². The highest BCUT2D eigenvalue weighted by atomic mass is 32.2. The van der Waals surface area contributed by atoms with E-state index in [1.165, 1.54) is 6.26 Å². The molecule has 2 N–H and O–H groups in total. The van der Waals surface area contributed by atoms with Crippen molar-refractivity contribution in [1.82, 2.24) is 4.90 Å². The van der Waals surface area contributed by atoms with Crippen molar-refractivity contribution >= 4 is 9.84 Å². The third kappa shape index (κ3) is 2.99. The molecule has 0 spiro atoms. The molecule has 1 aromatic carbocycles. The molecule has 2 rings (SSSR count). The molecule has 2 unspecified atom stereocenters. The standard InChI is InChI=1S/C14H22N2O2S/c1-10-4-5-12(14(6-10)19(3,17)18)13-7-11(8-15)9-16(13)2/h4-6,11,13H,7-9,15H2,1-3H3. The summed E-state index contributed by atoms with van der Waals surface area (Å²) in [6.07, 6.45) is 2.21. The minimum Gasteiger partial charge on any atom is -0.330 e. The monoisotopic (exact) mass is 282 g/mol. The Morgan fingerprint density at radius 3 is 2.63 bits per heavy atom. The molecule has 0 aliphatic carbocycles. The summed E-state index contributed by atoms with van der Waals surface area (Å²) >= 11 is 0. The highest BCUT2D eigenvalue weighted by Gasteiger charge is 2.32. The van der Waals surface area contributed by atoms with Gasteiger partial charge in [0.2, 0.25) is 0 Å². The predicted molar refractivity (Wildman–Crippen MR) is 76.8 cm³/mol. The van der Waals surface area contributed by atoms with E-state index < -0.39 is 9.84 Å².